The van der Waals surface area contributed by atoms with Crippen LogP contribution in [-0.2, 0) is 0 Å². The SMILES string of the molecule is C1=CC2CC3=C(C4c5ccc(N(c6ccccc6)c6ccccc6)cc5N(c5ccccc5)c5cccc(c54)N3c3cccc(-c4ccccc4)c3)C2C=C1. The molecule has 0 spiro atoms. The lowest BCUT2D eigenvalue weighted by atomic mass is 9.72. The van der Waals surface area contributed by atoms with E-state index in [0.29, 0.717) is 11.8 Å². The predicted octanol–water partition coefficient (Wildman–Crippen LogP) is 13.9. The minimum atomic E-state index is 0.117. The van der Waals surface area contributed by atoms with Crippen molar-refractivity contribution in [3.8, 4) is 11.1 Å². The molecular weight excluding hydrogens is 667 g/mol. The molecule has 0 radical (unpaired) electrons. The third-order valence-electron chi connectivity index (χ3n) is 11.9. The highest BCUT2D eigenvalue weighted by atomic mass is 15.2. The summed E-state index contributed by atoms with van der Waals surface area (Å²) in [7, 11) is 0. The standard InChI is InChI=1S/C52H39N3/c1-5-17-36(18-6-1)37-20-15-27-42(33-37)55-47-30-16-29-46-52(47)51(50-44-28-14-13-19-38(44)34-49(50)55)45-32-31-43(35-48(45)54(46)41-25-11-4-12-26-41)53(39-21-7-2-8-22-39)40-23-9-3-10-24-40/h1-33,35,38,44,51H,34H2. The third kappa shape index (κ3) is 5.11. The zero-order chi connectivity index (χ0) is 36.3. The van der Waals surface area contributed by atoms with Gasteiger partial charge in [0, 0.05) is 51.5 Å². The number of rotatable bonds is 6. The number of allylic oxidation sites excluding steroid dienone is 6. The van der Waals surface area contributed by atoms with E-state index in [1.807, 2.05) is 0 Å². The van der Waals surface area contributed by atoms with Gasteiger partial charge in [0.2, 0.25) is 0 Å². The molecule has 2 heterocycles. The first kappa shape index (κ1) is 31.7. The van der Waals surface area contributed by atoms with Gasteiger partial charge in [-0.2, -0.15) is 0 Å². The second-order valence-corrected chi connectivity index (χ2v) is 14.9. The van der Waals surface area contributed by atoms with Crippen LogP contribution in [0.4, 0.5) is 45.5 Å². The normalized spacial score (nSPS) is 18.7. The summed E-state index contributed by atoms with van der Waals surface area (Å²) in [5.41, 5.74) is 17.6. The Morgan fingerprint density at radius 2 is 1.05 bits per heavy atom. The van der Waals surface area contributed by atoms with Crippen molar-refractivity contribution in [3.05, 3.63) is 229 Å². The molecule has 0 amide bonds. The molecule has 7 aromatic rings. The average Bonchev–Trinajstić information content (AvgIpc) is 3.64. The van der Waals surface area contributed by atoms with Crippen molar-refractivity contribution in [1.29, 1.82) is 0 Å². The highest BCUT2D eigenvalue weighted by molar-refractivity contribution is 5.95. The molecule has 0 fully saturated rings. The molecule has 3 heteroatoms. The van der Waals surface area contributed by atoms with Gasteiger partial charge in [0.05, 0.1) is 17.1 Å². The third-order valence-corrected chi connectivity index (χ3v) is 11.9. The molecular formula is C52H39N3. The average molecular weight is 706 g/mol. The molecule has 2 aliphatic carbocycles. The summed E-state index contributed by atoms with van der Waals surface area (Å²) in [6.07, 6.45) is 10.4. The second-order valence-electron chi connectivity index (χ2n) is 14.9. The van der Waals surface area contributed by atoms with Gasteiger partial charge in [-0.25, -0.2) is 0 Å². The first-order chi connectivity index (χ1) is 27.3. The number of anilines is 8. The molecule has 0 saturated carbocycles. The molecule has 0 bridgehead atoms. The summed E-state index contributed by atoms with van der Waals surface area (Å²) < 4.78 is 0. The van der Waals surface area contributed by atoms with Gasteiger partial charge in [0.15, 0.2) is 0 Å². The molecule has 4 aliphatic rings. The first-order valence-corrected chi connectivity index (χ1v) is 19.4. The predicted molar refractivity (Wildman–Crippen MR) is 229 cm³/mol. The smallest absolute Gasteiger partial charge is 0.0524 e. The van der Waals surface area contributed by atoms with E-state index in [9.17, 15) is 0 Å². The van der Waals surface area contributed by atoms with Crippen molar-refractivity contribution in [2.24, 2.45) is 11.8 Å². The number of fused-ring (bicyclic) bond motifs is 5. The van der Waals surface area contributed by atoms with Gasteiger partial charge in [-0.15, -0.1) is 0 Å². The number of hydrogen-bond donors (Lipinski definition) is 0. The Balaban J connectivity index is 1.16. The fourth-order valence-electron chi connectivity index (χ4n) is 9.59. The van der Waals surface area contributed by atoms with Crippen LogP contribution in [0.15, 0.2) is 218 Å². The van der Waals surface area contributed by atoms with Crippen LogP contribution in [0.1, 0.15) is 23.5 Å². The van der Waals surface area contributed by atoms with E-state index in [1.54, 1.807) is 0 Å². The van der Waals surface area contributed by atoms with Crippen LogP contribution in [0.5, 0.6) is 0 Å². The summed E-state index contributed by atoms with van der Waals surface area (Å²) in [4.78, 5) is 7.49. The van der Waals surface area contributed by atoms with E-state index in [-0.39, 0.29) is 5.92 Å². The number of nitrogens with zero attached hydrogens (tertiary/aromatic N) is 3. The van der Waals surface area contributed by atoms with E-state index in [2.05, 4.69) is 221 Å². The van der Waals surface area contributed by atoms with Crippen LogP contribution in [0.25, 0.3) is 11.1 Å². The van der Waals surface area contributed by atoms with Crippen molar-refractivity contribution in [2.75, 3.05) is 14.7 Å². The molecule has 2 aliphatic heterocycles. The molecule has 0 N–H and O–H groups in total. The molecule has 0 aromatic heterocycles. The molecule has 262 valence electrons. The van der Waals surface area contributed by atoms with Crippen molar-refractivity contribution in [3.63, 3.8) is 0 Å². The Morgan fingerprint density at radius 3 is 1.78 bits per heavy atom. The van der Waals surface area contributed by atoms with Gasteiger partial charge in [-0.05, 0) is 107 Å². The van der Waals surface area contributed by atoms with Gasteiger partial charge in [-0.1, -0.05) is 133 Å². The molecule has 3 unspecified atom stereocenters. The minimum absolute atomic E-state index is 0.117. The quantitative estimate of drug-likeness (QED) is 0.171. The molecule has 0 saturated heterocycles. The topological polar surface area (TPSA) is 9.72 Å². The van der Waals surface area contributed by atoms with Gasteiger partial charge < -0.3 is 14.7 Å². The lowest BCUT2D eigenvalue weighted by Crippen LogP contribution is -2.32. The summed E-state index contributed by atoms with van der Waals surface area (Å²) >= 11 is 0. The number of hydrogen-bond acceptors (Lipinski definition) is 3. The first-order valence-electron chi connectivity index (χ1n) is 19.4. The molecule has 11 rings (SSSR count). The maximum absolute atomic E-state index is 2.60. The Morgan fingerprint density at radius 1 is 0.455 bits per heavy atom. The zero-order valence-electron chi connectivity index (χ0n) is 30.4. The zero-order valence-corrected chi connectivity index (χ0v) is 30.4. The number of benzene rings is 7. The highest BCUT2D eigenvalue weighted by Gasteiger charge is 2.48. The van der Waals surface area contributed by atoms with Gasteiger partial charge >= 0.3 is 0 Å². The maximum Gasteiger partial charge on any atom is 0.0524 e. The number of para-hydroxylation sites is 3. The van der Waals surface area contributed by atoms with Gasteiger partial charge in [0.1, 0.15) is 0 Å². The van der Waals surface area contributed by atoms with E-state index < -0.39 is 0 Å². The molecule has 7 aromatic carbocycles. The lowest BCUT2D eigenvalue weighted by molar-refractivity contribution is 0.560. The molecule has 3 atom stereocenters. The minimum Gasteiger partial charge on any atom is -0.314 e. The fourth-order valence-corrected chi connectivity index (χ4v) is 9.59. The monoisotopic (exact) mass is 705 g/mol. The van der Waals surface area contributed by atoms with Crippen LogP contribution in [0.2, 0.25) is 0 Å². The highest BCUT2D eigenvalue weighted by Crippen LogP contribution is 2.64. The summed E-state index contributed by atoms with van der Waals surface area (Å²) in [5, 5.41) is 0. The van der Waals surface area contributed by atoms with Gasteiger partial charge in [-0.3, -0.25) is 0 Å². The van der Waals surface area contributed by atoms with E-state index in [4.69, 9.17) is 0 Å². The Labute approximate surface area is 323 Å². The van der Waals surface area contributed by atoms with E-state index in [0.717, 1.165) is 29.2 Å². The summed E-state index contributed by atoms with van der Waals surface area (Å²) in [6, 6.07) is 66.4. The van der Waals surface area contributed by atoms with Crippen LogP contribution >= 0.6 is 0 Å². The maximum atomic E-state index is 2.60. The fraction of sp³-hybridized carbons (Fsp3) is 0.0769. The van der Waals surface area contributed by atoms with Gasteiger partial charge in [0.25, 0.3) is 0 Å². The van der Waals surface area contributed by atoms with Crippen molar-refractivity contribution in [2.45, 2.75) is 12.3 Å². The Bertz CT molecular complexity index is 2600. The van der Waals surface area contributed by atoms with E-state index >= 15 is 0 Å². The lowest BCUT2D eigenvalue weighted by Gasteiger charge is -2.46. The van der Waals surface area contributed by atoms with Crippen LogP contribution in [0.3, 0.4) is 0 Å². The molecule has 55 heavy (non-hydrogen) atoms. The van der Waals surface area contributed by atoms with Crippen molar-refractivity contribution in [1.82, 2.24) is 0 Å². The summed E-state index contributed by atoms with van der Waals surface area (Å²) in [5.74, 6) is 0.868. The van der Waals surface area contributed by atoms with Crippen LogP contribution in [-0.4, -0.2) is 0 Å². The Kier molecular flexibility index (Phi) is 7.44. The molecule has 3 nitrogen and oxygen atoms in total. The Hall–Kier alpha value is -6.84. The van der Waals surface area contributed by atoms with E-state index in [1.165, 1.54) is 56.3 Å². The van der Waals surface area contributed by atoms with Crippen LogP contribution < -0.4 is 14.7 Å². The van der Waals surface area contributed by atoms with Crippen molar-refractivity contribution >= 4 is 45.5 Å². The van der Waals surface area contributed by atoms with Crippen molar-refractivity contribution < 1.29 is 0 Å². The largest absolute Gasteiger partial charge is 0.314 e. The van der Waals surface area contributed by atoms with Crippen LogP contribution in [0, 0.1) is 11.8 Å². The second kappa shape index (κ2) is 12.9. The summed E-state index contributed by atoms with van der Waals surface area (Å²) in [6.45, 7) is 0.